The maximum atomic E-state index is 4.17. The lowest BCUT2D eigenvalue weighted by atomic mass is 10.2. The monoisotopic (exact) mass is 208 g/mol. The van der Waals surface area contributed by atoms with Crippen molar-refractivity contribution in [2.75, 3.05) is 26.2 Å². The predicted molar refractivity (Wildman–Crippen MR) is 65.0 cm³/mol. The van der Waals surface area contributed by atoms with Crippen LogP contribution in [0.4, 0.5) is 0 Å². The highest BCUT2D eigenvalue weighted by molar-refractivity contribution is 5.02. The molecule has 0 unspecified atom stereocenters. The molecule has 0 radical (unpaired) electrons. The third kappa shape index (κ3) is 4.35. The van der Waals surface area contributed by atoms with Crippen LogP contribution in [-0.4, -0.2) is 37.1 Å². The Morgan fingerprint density at radius 3 is 2.60 bits per heavy atom. The Balaban J connectivity index is 1.60. The van der Waals surface area contributed by atoms with Gasteiger partial charge in [-0.2, -0.15) is 0 Å². The molecule has 2 saturated carbocycles. The van der Waals surface area contributed by atoms with Gasteiger partial charge in [0.1, 0.15) is 0 Å². The zero-order valence-electron chi connectivity index (χ0n) is 9.97. The van der Waals surface area contributed by atoms with E-state index in [1.165, 1.54) is 44.3 Å². The second-order valence-electron chi connectivity index (χ2n) is 5.18. The van der Waals surface area contributed by atoms with Gasteiger partial charge in [0.15, 0.2) is 0 Å². The molecular formula is C13H24N2. The summed E-state index contributed by atoms with van der Waals surface area (Å²) in [5.74, 6) is 0.995. The van der Waals surface area contributed by atoms with Crippen molar-refractivity contribution in [3.05, 3.63) is 12.2 Å². The predicted octanol–water partition coefficient (Wildman–Crippen LogP) is 2.03. The van der Waals surface area contributed by atoms with E-state index in [-0.39, 0.29) is 0 Å². The second-order valence-corrected chi connectivity index (χ2v) is 5.18. The van der Waals surface area contributed by atoms with Crippen LogP contribution in [0.1, 0.15) is 32.6 Å². The summed E-state index contributed by atoms with van der Waals surface area (Å²) in [5.41, 5.74) is 1.35. The Bertz CT molecular complexity index is 217. The normalized spacial score (nSPS) is 20.9. The Labute approximate surface area is 93.7 Å². The third-order valence-corrected chi connectivity index (χ3v) is 3.33. The maximum Gasteiger partial charge on any atom is 0.0202 e. The molecule has 0 amide bonds. The van der Waals surface area contributed by atoms with E-state index in [4.69, 9.17) is 0 Å². The smallest absolute Gasteiger partial charge is 0.0202 e. The van der Waals surface area contributed by atoms with Gasteiger partial charge in [-0.05, 0) is 43.7 Å². The van der Waals surface area contributed by atoms with Crippen molar-refractivity contribution < 1.29 is 0 Å². The fourth-order valence-electron chi connectivity index (χ4n) is 1.92. The van der Waals surface area contributed by atoms with E-state index in [1.807, 2.05) is 0 Å². The number of rotatable bonds is 8. The minimum atomic E-state index is 0.806. The minimum Gasteiger partial charge on any atom is -0.310 e. The molecule has 0 aromatic rings. The molecule has 0 saturated heterocycles. The average molecular weight is 208 g/mol. The number of nitrogens with one attached hydrogen (secondary N) is 1. The van der Waals surface area contributed by atoms with Gasteiger partial charge in [-0.1, -0.05) is 13.5 Å². The SMILES string of the molecule is C=C(CNC1CC1)CN(CC)CC1CC1. The lowest BCUT2D eigenvalue weighted by Gasteiger charge is -2.21. The van der Waals surface area contributed by atoms with E-state index in [9.17, 15) is 0 Å². The summed E-state index contributed by atoms with van der Waals surface area (Å²) in [6, 6.07) is 0.806. The average Bonchev–Trinajstić information content (AvgIpc) is 3.08. The van der Waals surface area contributed by atoms with Crippen LogP contribution in [-0.2, 0) is 0 Å². The Morgan fingerprint density at radius 2 is 2.07 bits per heavy atom. The van der Waals surface area contributed by atoms with Crippen LogP contribution in [0.3, 0.4) is 0 Å². The Kier molecular flexibility index (Phi) is 3.81. The second kappa shape index (κ2) is 5.13. The Morgan fingerprint density at radius 1 is 1.33 bits per heavy atom. The first kappa shape index (κ1) is 11.2. The summed E-state index contributed by atoms with van der Waals surface area (Å²) in [6.45, 7) is 11.0. The summed E-state index contributed by atoms with van der Waals surface area (Å²) in [6.07, 6.45) is 5.63. The standard InChI is InChI=1S/C13H24N2/c1-3-15(10-12-4-5-12)9-11(2)8-14-13-6-7-13/h12-14H,2-10H2,1H3. The quantitative estimate of drug-likeness (QED) is 0.614. The van der Waals surface area contributed by atoms with E-state index in [1.54, 1.807) is 0 Å². The molecule has 0 heterocycles. The summed E-state index contributed by atoms with van der Waals surface area (Å²) in [4.78, 5) is 2.54. The number of likely N-dealkylation sites (N-methyl/N-ethyl adjacent to an activating group) is 1. The molecule has 0 spiro atoms. The van der Waals surface area contributed by atoms with Gasteiger partial charge in [-0.25, -0.2) is 0 Å². The first-order chi connectivity index (χ1) is 7.28. The van der Waals surface area contributed by atoms with Gasteiger partial charge in [-0.3, -0.25) is 4.90 Å². The van der Waals surface area contributed by atoms with Crippen LogP contribution < -0.4 is 5.32 Å². The molecule has 0 aliphatic heterocycles. The summed E-state index contributed by atoms with van der Waals surface area (Å²) in [5, 5.41) is 3.53. The fraction of sp³-hybridized carbons (Fsp3) is 0.846. The molecule has 2 aliphatic rings. The third-order valence-electron chi connectivity index (χ3n) is 3.33. The first-order valence-electron chi connectivity index (χ1n) is 6.40. The molecule has 0 aromatic heterocycles. The van der Waals surface area contributed by atoms with Crippen LogP contribution in [0.5, 0.6) is 0 Å². The first-order valence-corrected chi connectivity index (χ1v) is 6.40. The van der Waals surface area contributed by atoms with E-state index in [0.29, 0.717) is 0 Å². The molecule has 1 N–H and O–H groups in total. The van der Waals surface area contributed by atoms with Gasteiger partial charge in [0, 0.05) is 25.7 Å². The molecule has 0 aromatic carbocycles. The fourth-order valence-corrected chi connectivity index (χ4v) is 1.92. The topological polar surface area (TPSA) is 15.3 Å². The van der Waals surface area contributed by atoms with Crippen LogP contribution >= 0.6 is 0 Å². The Hall–Kier alpha value is -0.340. The van der Waals surface area contributed by atoms with Gasteiger partial charge in [0.25, 0.3) is 0 Å². The van der Waals surface area contributed by atoms with Crippen molar-refractivity contribution in [1.29, 1.82) is 0 Å². The zero-order chi connectivity index (χ0) is 10.7. The van der Waals surface area contributed by atoms with E-state index >= 15 is 0 Å². The number of hydrogen-bond acceptors (Lipinski definition) is 2. The van der Waals surface area contributed by atoms with Crippen LogP contribution in [0.2, 0.25) is 0 Å². The van der Waals surface area contributed by atoms with E-state index in [2.05, 4.69) is 23.7 Å². The van der Waals surface area contributed by atoms with Crippen molar-refractivity contribution in [3.63, 3.8) is 0 Å². The zero-order valence-corrected chi connectivity index (χ0v) is 9.97. The molecule has 2 nitrogen and oxygen atoms in total. The molecule has 0 bridgehead atoms. The highest BCUT2D eigenvalue weighted by Gasteiger charge is 2.24. The van der Waals surface area contributed by atoms with Gasteiger partial charge in [0.2, 0.25) is 0 Å². The molecule has 2 heteroatoms. The maximum absolute atomic E-state index is 4.17. The van der Waals surface area contributed by atoms with Crippen molar-refractivity contribution in [2.45, 2.75) is 38.6 Å². The highest BCUT2D eigenvalue weighted by atomic mass is 15.1. The minimum absolute atomic E-state index is 0.806. The number of nitrogens with zero attached hydrogens (tertiary/aromatic N) is 1. The van der Waals surface area contributed by atoms with Crippen molar-refractivity contribution in [1.82, 2.24) is 10.2 Å². The highest BCUT2D eigenvalue weighted by Crippen LogP contribution is 2.29. The van der Waals surface area contributed by atoms with Crippen molar-refractivity contribution >= 4 is 0 Å². The van der Waals surface area contributed by atoms with E-state index in [0.717, 1.165) is 25.0 Å². The van der Waals surface area contributed by atoms with Gasteiger partial charge in [0.05, 0.1) is 0 Å². The van der Waals surface area contributed by atoms with Crippen LogP contribution in [0.15, 0.2) is 12.2 Å². The largest absolute Gasteiger partial charge is 0.310 e. The molecule has 2 fully saturated rings. The van der Waals surface area contributed by atoms with Gasteiger partial charge < -0.3 is 5.32 Å². The summed E-state index contributed by atoms with van der Waals surface area (Å²) < 4.78 is 0. The summed E-state index contributed by atoms with van der Waals surface area (Å²) >= 11 is 0. The van der Waals surface area contributed by atoms with Crippen LogP contribution in [0, 0.1) is 5.92 Å². The molecule has 86 valence electrons. The van der Waals surface area contributed by atoms with E-state index < -0.39 is 0 Å². The number of hydrogen-bond donors (Lipinski definition) is 1. The molecule has 2 rings (SSSR count). The lowest BCUT2D eigenvalue weighted by Crippen LogP contribution is -2.31. The molecular weight excluding hydrogens is 184 g/mol. The van der Waals surface area contributed by atoms with Crippen molar-refractivity contribution in [2.24, 2.45) is 5.92 Å². The molecule has 2 aliphatic carbocycles. The molecule has 15 heavy (non-hydrogen) atoms. The van der Waals surface area contributed by atoms with Crippen LogP contribution in [0.25, 0.3) is 0 Å². The molecule has 0 atom stereocenters. The van der Waals surface area contributed by atoms with Crippen molar-refractivity contribution in [3.8, 4) is 0 Å². The van der Waals surface area contributed by atoms with Gasteiger partial charge >= 0.3 is 0 Å². The lowest BCUT2D eigenvalue weighted by molar-refractivity contribution is 0.297. The summed E-state index contributed by atoms with van der Waals surface area (Å²) in [7, 11) is 0. The van der Waals surface area contributed by atoms with Gasteiger partial charge in [-0.15, -0.1) is 0 Å².